The van der Waals surface area contributed by atoms with E-state index < -0.39 is 47.0 Å². The van der Waals surface area contributed by atoms with Gasteiger partial charge in [-0.3, -0.25) is 9.59 Å². The third-order valence-electron chi connectivity index (χ3n) is 6.44. The van der Waals surface area contributed by atoms with Gasteiger partial charge in [0.25, 0.3) is 5.91 Å². The van der Waals surface area contributed by atoms with Gasteiger partial charge < -0.3 is 14.5 Å². The Balaban J connectivity index is 1.57. The Morgan fingerprint density at radius 2 is 1.88 bits per heavy atom. The van der Waals surface area contributed by atoms with Crippen molar-refractivity contribution in [3.8, 4) is 11.8 Å². The zero-order valence-electron chi connectivity index (χ0n) is 18.6. The molecule has 0 radical (unpaired) electrons. The highest BCUT2D eigenvalue weighted by atomic mass is 19.1. The van der Waals surface area contributed by atoms with Gasteiger partial charge in [-0.2, -0.15) is 5.26 Å². The molecule has 0 spiro atoms. The summed E-state index contributed by atoms with van der Waals surface area (Å²) < 4.78 is 49.2. The van der Waals surface area contributed by atoms with E-state index in [4.69, 9.17) is 4.74 Å². The van der Waals surface area contributed by atoms with Crippen molar-refractivity contribution in [3.63, 3.8) is 0 Å². The summed E-state index contributed by atoms with van der Waals surface area (Å²) in [5.41, 5.74) is -1.21. The molecule has 1 unspecified atom stereocenters. The molecule has 3 atom stereocenters. The Hall–Kier alpha value is -3.54. The number of carbonyl (C=O) groups excluding carboxylic acids is 2. The summed E-state index contributed by atoms with van der Waals surface area (Å²) in [6, 6.07) is 11.9. The van der Waals surface area contributed by atoms with Gasteiger partial charge in [-0.05, 0) is 37.5 Å². The molecule has 2 saturated heterocycles. The van der Waals surface area contributed by atoms with Gasteiger partial charge in [0.15, 0.2) is 17.4 Å². The largest absolute Gasteiger partial charge is 0.483 e. The topological polar surface area (TPSA) is 73.6 Å². The molecule has 2 aromatic carbocycles. The monoisotopic (exact) mass is 471 g/mol. The van der Waals surface area contributed by atoms with Crippen molar-refractivity contribution < 1.29 is 27.5 Å². The van der Waals surface area contributed by atoms with Crippen LogP contribution in [0.3, 0.4) is 0 Å². The quantitative estimate of drug-likeness (QED) is 0.661. The van der Waals surface area contributed by atoms with Crippen molar-refractivity contribution >= 4 is 11.8 Å². The maximum Gasteiger partial charge on any atom is 0.255 e. The second kappa shape index (κ2) is 9.37. The minimum atomic E-state index is -1.56. The molecule has 0 saturated carbocycles. The Labute approximate surface area is 195 Å². The number of halogens is 3. The molecule has 2 aliphatic rings. The Morgan fingerprint density at radius 3 is 2.53 bits per heavy atom. The normalized spacial score (nSPS) is 24.2. The highest BCUT2D eigenvalue weighted by Gasteiger charge is 2.53. The zero-order chi connectivity index (χ0) is 24.5. The number of nitrogens with zero attached hydrogens (tertiary/aromatic N) is 3. The number of carbonyl (C=O) groups is 2. The van der Waals surface area contributed by atoms with E-state index >= 15 is 0 Å². The summed E-state index contributed by atoms with van der Waals surface area (Å²) in [5.74, 6) is -4.18. The molecule has 178 valence electrons. The van der Waals surface area contributed by atoms with Gasteiger partial charge in [0.2, 0.25) is 5.91 Å². The van der Waals surface area contributed by atoms with Crippen LogP contribution in [0.2, 0.25) is 0 Å². The van der Waals surface area contributed by atoms with Gasteiger partial charge in [0.05, 0.1) is 12.6 Å². The minimum Gasteiger partial charge on any atom is -0.483 e. The fourth-order valence-electron chi connectivity index (χ4n) is 4.68. The van der Waals surface area contributed by atoms with Crippen LogP contribution in [0.25, 0.3) is 0 Å². The predicted octanol–water partition coefficient (Wildman–Crippen LogP) is 4.00. The summed E-state index contributed by atoms with van der Waals surface area (Å²) in [4.78, 5) is 28.9. The third-order valence-corrected chi connectivity index (χ3v) is 6.44. The molecule has 4 rings (SSSR count). The van der Waals surface area contributed by atoms with Crippen molar-refractivity contribution in [2.75, 3.05) is 13.1 Å². The number of benzene rings is 2. The Morgan fingerprint density at radius 1 is 1.21 bits per heavy atom. The molecule has 2 aromatic rings. The molecule has 9 heteroatoms. The molecule has 2 aliphatic heterocycles. The first kappa shape index (κ1) is 23.6. The van der Waals surface area contributed by atoms with Crippen LogP contribution in [-0.2, 0) is 11.4 Å². The fourth-order valence-corrected chi connectivity index (χ4v) is 4.68. The summed E-state index contributed by atoms with van der Waals surface area (Å²) in [6.07, 6.45) is -0.598. The SMILES string of the molecule is CC1(C(=O)N2CCC[C@H]2C#N)C[C@H](F)CN1C(=O)c1cc(F)c(OCc2ccccc2)c(F)c1. The Kier molecular flexibility index (Phi) is 6.51. The molecule has 6 nitrogen and oxygen atoms in total. The second-order valence-electron chi connectivity index (χ2n) is 8.82. The summed E-state index contributed by atoms with van der Waals surface area (Å²) in [6.45, 7) is 1.31. The molecule has 0 aliphatic carbocycles. The lowest BCUT2D eigenvalue weighted by molar-refractivity contribution is -0.140. The van der Waals surface area contributed by atoms with E-state index in [0.717, 1.165) is 17.0 Å². The first-order chi connectivity index (χ1) is 16.2. The molecular weight excluding hydrogens is 447 g/mol. The van der Waals surface area contributed by atoms with E-state index in [0.29, 0.717) is 24.9 Å². The second-order valence-corrected chi connectivity index (χ2v) is 8.82. The van der Waals surface area contributed by atoms with E-state index in [9.17, 15) is 28.0 Å². The van der Waals surface area contributed by atoms with Gasteiger partial charge in [-0.25, -0.2) is 13.2 Å². The van der Waals surface area contributed by atoms with Crippen LogP contribution in [0.4, 0.5) is 13.2 Å². The van der Waals surface area contributed by atoms with Gasteiger partial charge in [0.1, 0.15) is 24.4 Å². The summed E-state index contributed by atoms with van der Waals surface area (Å²) in [5, 5.41) is 9.33. The lowest BCUT2D eigenvalue weighted by Gasteiger charge is -2.37. The molecule has 0 bridgehead atoms. The van der Waals surface area contributed by atoms with Crippen molar-refractivity contribution in [3.05, 3.63) is 65.2 Å². The fraction of sp³-hybridized carbons (Fsp3) is 0.400. The number of hydrogen-bond acceptors (Lipinski definition) is 4. The number of rotatable bonds is 5. The number of nitriles is 1. The number of hydrogen-bond donors (Lipinski definition) is 0. The van der Waals surface area contributed by atoms with Crippen LogP contribution in [0, 0.1) is 23.0 Å². The molecule has 0 aromatic heterocycles. The number of alkyl halides is 1. The van der Waals surface area contributed by atoms with Crippen LogP contribution in [0.5, 0.6) is 5.75 Å². The van der Waals surface area contributed by atoms with E-state index in [2.05, 4.69) is 6.07 Å². The van der Waals surface area contributed by atoms with E-state index in [1.54, 1.807) is 30.3 Å². The predicted molar refractivity (Wildman–Crippen MR) is 116 cm³/mol. The van der Waals surface area contributed by atoms with Crippen molar-refractivity contribution in [1.29, 1.82) is 5.26 Å². The minimum absolute atomic E-state index is 0.0693. The van der Waals surface area contributed by atoms with E-state index in [1.807, 2.05) is 0 Å². The van der Waals surface area contributed by atoms with E-state index in [-0.39, 0.29) is 25.1 Å². The summed E-state index contributed by atoms with van der Waals surface area (Å²) in [7, 11) is 0. The van der Waals surface area contributed by atoms with Crippen molar-refractivity contribution in [2.45, 2.75) is 50.5 Å². The lowest BCUT2D eigenvalue weighted by Crippen LogP contribution is -2.57. The maximum absolute atomic E-state index is 14.7. The third kappa shape index (κ3) is 4.32. The van der Waals surface area contributed by atoms with Crippen LogP contribution >= 0.6 is 0 Å². The standard InChI is InChI=1S/C25H24F3N3O3/c1-25(24(33)30-9-5-8-19(30)13-29)12-18(26)14-31(25)23(32)17-10-20(27)22(21(28)11-17)34-15-16-6-3-2-4-7-16/h2-4,6-7,10-11,18-19H,5,8-9,12,14-15H2,1H3/t18-,19-,25?/m0/s1. The average Bonchev–Trinajstić information content (AvgIpc) is 3.42. The summed E-state index contributed by atoms with van der Waals surface area (Å²) >= 11 is 0. The van der Waals surface area contributed by atoms with Gasteiger partial charge in [-0.15, -0.1) is 0 Å². The number of amides is 2. The number of ether oxygens (including phenoxy) is 1. The molecule has 34 heavy (non-hydrogen) atoms. The molecule has 2 fully saturated rings. The number of likely N-dealkylation sites (tertiary alicyclic amines) is 2. The van der Waals surface area contributed by atoms with E-state index in [1.165, 1.54) is 11.8 Å². The van der Waals surface area contributed by atoms with Crippen LogP contribution in [0.15, 0.2) is 42.5 Å². The van der Waals surface area contributed by atoms with Gasteiger partial charge in [0, 0.05) is 18.5 Å². The molecule has 2 heterocycles. The lowest BCUT2D eigenvalue weighted by atomic mass is 9.95. The van der Waals surface area contributed by atoms with Crippen molar-refractivity contribution in [2.24, 2.45) is 0 Å². The van der Waals surface area contributed by atoms with Crippen LogP contribution in [-0.4, -0.2) is 52.5 Å². The van der Waals surface area contributed by atoms with Crippen LogP contribution < -0.4 is 4.74 Å². The maximum atomic E-state index is 14.7. The first-order valence-corrected chi connectivity index (χ1v) is 11.1. The molecular formula is C25H24F3N3O3. The molecule has 2 amide bonds. The highest BCUT2D eigenvalue weighted by Crippen LogP contribution is 2.36. The highest BCUT2D eigenvalue weighted by molar-refractivity contribution is 6.00. The van der Waals surface area contributed by atoms with Gasteiger partial charge >= 0.3 is 0 Å². The smallest absolute Gasteiger partial charge is 0.255 e. The zero-order valence-corrected chi connectivity index (χ0v) is 18.6. The van der Waals surface area contributed by atoms with Gasteiger partial charge in [-0.1, -0.05) is 30.3 Å². The Bertz CT molecular complexity index is 1110. The first-order valence-electron chi connectivity index (χ1n) is 11.1. The van der Waals surface area contributed by atoms with Crippen molar-refractivity contribution in [1.82, 2.24) is 9.80 Å². The molecule has 0 N–H and O–H groups in total. The average molecular weight is 471 g/mol. The van der Waals surface area contributed by atoms with Crippen LogP contribution in [0.1, 0.15) is 42.1 Å².